The summed E-state index contributed by atoms with van der Waals surface area (Å²) in [6.45, 7) is 2.99. The summed E-state index contributed by atoms with van der Waals surface area (Å²) in [4.78, 5) is 14.4. The molecule has 0 unspecified atom stereocenters. The van der Waals surface area contributed by atoms with E-state index in [1.165, 1.54) is 11.6 Å². The van der Waals surface area contributed by atoms with Crippen LogP contribution in [-0.2, 0) is 16.1 Å². The van der Waals surface area contributed by atoms with Crippen LogP contribution in [0, 0.1) is 5.82 Å². The fourth-order valence-corrected chi connectivity index (χ4v) is 2.86. The normalized spacial score (nSPS) is 18.3. The highest BCUT2D eigenvalue weighted by molar-refractivity contribution is 5.91. The molecule has 0 aliphatic carbocycles. The number of rotatable bonds is 5. The number of halogens is 1. The van der Waals surface area contributed by atoms with E-state index in [2.05, 4.69) is 22.3 Å². The van der Waals surface area contributed by atoms with Crippen LogP contribution in [0.4, 0.5) is 10.1 Å². The van der Waals surface area contributed by atoms with Crippen LogP contribution < -0.4 is 5.32 Å². The van der Waals surface area contributed by atoms with E-state index in [9.17, 15) is 9.18 Å². The third kappa shape index (κ3) is 4.63. The maximum absolute atomic E-state index is 13.6. The van der Waals surface area contributed by atoms with Crippen LogP contribution in [0.1, 0.15) is 12.0 Å². The first kappa shape index (κ1) is 16.6. The lowest BCUT2D eigenvalue weighted by molar-refractivity contribution is -0.121. The molecule has 3 rings (SSSR count). The summed E-state index contributed by atoms with van der Waals surface area (Å²) in [6, 6.07) is 16.4. The summed E-state index contributed by atoms with van der Waals surface area (Å²) >= 11 is 0. The topological polar surface area (TPSA) is 41.6 Å². The molecule has 0 spiro atoms. The zero-order valence-corrected chi connectivity index (χ0v) is 13.5. The first-order chi connectivity index (χ1) is 11.7. The Balaban J connectivity index is 1.51. The molecule has 126 valence electrons. The number of hydrogen-bond acceptors (Lipinski definition) is 3. The summed E-state index contributed by atoms with van der Waals surface area (Å²) in [5.74, 6) is -0.659. The fourth-order valence-electron chi connectivity index (χ4n) is 2.86. The van der Waals surface area contributed by atoms with Crippen molar-refractivity contribution in [3.8, 4) is 0 Å². The number of hydrogen-bond donors (Lipinski definition) is 1. The summed E-state index contributed by atoms with van der Waals surface area (Å²) in [5, 5.41) is 2.61. The predicted octanol–water partition coefficient (Wildman–Crippen LogP) is 3.06. The predicted molar refractivity (Wildman–Crippen MR) is 91.1 cm³/mol. The second-order valence-corrected chi connectivity index (χ2v) is 5.95. The highest BCUT2D eigenvalue weighted by Gasteiger charge is 2.23. The molecule has 5 heteroatoms. The maximum atomic E-state index is 13.6. The van der Waals surface area contributed by atoms with E-state index < -0.39 is 5.82 Å². The Morgan fingerprint density at radius 2 is 1.92 bits per heavy atom. The number of morpholine rings is 1. The van der Waals surface area contributed by atoms with E-state index in [0.29, 0.717) is 13.2 Å². The molecular weight excluding hydrogens is 307 g/mol. The Labute approximate surface area is 141 Å². The number of nitrogens with zero attached hydrogens (tertiary/aromatic N) is 1. The van der Waals surface area contributed by atoms with Crippen molar-refractivity contribution in [2.75, 3.05) is 25.0 Å². The Morgan fingerprint density at radius 1 is 1.17 bits per heavy atom. The molecule has 1 saturated heterocycles. The van der Waals surface area contributed by atoms with Crippen molar-refractivity contribution in [2.24, 2.45) is 0 Å². The maximum Gasteiger partial charge on any atom is 0.227 e. The third-order valence-electron chi connectivity index (χ3n) is 4.03. The summed E-state index contributed by atoms with van der Waals surface area (Å²) in [5.41, 5.74) is 1.45. The summed E-state index contributed by atoms with van der Waals surface area (Å²) in [7, 11) is 0. The molecule has 2 aromatic carbocycles. The molecule has 1 fully saturated rings. The molecular formula is C19H21FN2O2. The van der Waals surface area contributed by atoms with Crippen LogP contribution in [0.25, 0.3) is 0 Å². The molecule has 0 radical (unpaired) electrons. The van der Waals surface area contributed by atoms with Gasteiger partial charge >= 0.3 is 0 Å². The third-order valence-corrected chi connectivity index (χ3v) is 4.03. The van der Waals surface area contributed by atoms with Gasteiger partial charge in [-0.25, -0.2) is 4.39 Å². The van der Waals surface area contributed by atoms with Crippen LogP contribution in [0.5, 0.6) is 0 Å². The molecule has 1 heterocycles. The zero-order valence-electron chi connectivity index (χ0n) is 13.5. The number of ether oxygens (including phenoxy) is 1. The average molecular weight is 328 g/mol. The Bertz CT molecular complexity index is 678. The van der Waals surface area contributed by atoms with Gasteiger partial charge in [0.15, 0.2) is 0 Å². The van der Waals surface area contributed by atoms with Gasteiger partial charge in [0, 0.05) is 19.6 Å². The van der Waals surface area contributed by atoms with Gasteiger partial charge in [0.2, 0.25) is 5.91 Å². The molecule has 24 heavy (non-hydrogen) atoms. The minimum Gasteiger partial charge on any atom is -0.375 e. The lowest BCUT2D eigenvalue weighted by Crippen LogP contribution is -2.43. The van der Waals surface area contributed by atoms with Gasteiger partial charge in [-0.05, 0) is 17.7 Å². The molecule has 1 atom stereocenters. The van der Waals surface area contributed by atoms with E-state index in [1.54, 1.807) is 18.2 Å². The quantitative estimate of drug-likeness (QED) is 0.917. The molecule has 2 aromatic rings. The molecule has 1 N–H and O–H groups in total. The lowest BCUT2D eigenvalue weighted by atomic mass is 10.1. The monoisotopic (exact) mass is 328 g/mol. The number of anilines is 1. The highest BCUT2D eigenvalue weighted by Crippen LogP contribution is 2.16. The first-order valence-corrected chi connectivity index (χ1v) is 8.13. The molecule has 0 aromatic heterocycles. The van der Waals surface area contributed by atoms with Crippen molar-refractivity contribution in [3.63, 3.8) is 0 Å². The van der Waals surface area contributed by atoms with Gasteiger partial charge in [-0.15, -0.1) is 0 Å². The summed E-state index contributed by atoms with van der Waals surface area (Å²) in [6.07, 6.45) is 0.0498. The van der Waals surface area contributed by atoms with Crippen molar-refractivity contribution in [2.45, 2.75) is 19.1 Å². The number of amides is 1. The lowest BCUT2D eigenvalue weighted by Gasteiger charge is -2.32. The van der Waals surface area contributed by atoms with Crippen LogP contribution >= 0.6 is 0 Å². The standard InChI is InChI=1S/C19H21FN2O2/c20-17-8-4-5-9-18(17)21-19(23)12-16-14-22(10-11-24-16)13-15-6-2-1-3-7-15/h1-9,16H,10-14H2,(H,21,23)/t16-/m0/s1. The second-order valence-electron chi connectivity index (χ2n) is 5.95. The fraction of sp³-hybridized carbons (Fsp3) is 0.316. The Morgan fingerprint density at radius 3 is 2.71 bits per heavy atom. The van der Waals surface area contributed by atoms with Crippen molar-refractivity contribution < 1.29 is 13.9 Å². The van der Waals surface area contributed by atoms with Gasteiger partial charge in [0.25, 0.3) is 0 Å². The van der Waals surface area contributed by atoms with Gasteiger partial charge in [0.1, 0.15) is 5.82 Å². The number of para-hydroxylation sites is 1. The van der Waals surface area contributed by atoms with Crippen LogP contribution in [0.15, 0.2) is 54.6 Å². The second kappa shape index (κ2) is 8.04. The Hall–Kier alpha value is -2.24. The average Bonchev–Trinajstić information content (AvgIpc) is 2.58. The van der Waals surface area contributed by atoms with Gasteiger partial charge in [-0.3, -0.25) is 9.69 Å². The zero-order chi connectivity index (χ0) is 16.8. The number of nitrogens with one attached hydrogen (secondary N) is 1. The van der Waals surface area contributed by atoms with Crippen LogP contribution in [0.2, 0.25) is 0 Å². The molecule has 0 saturated carbocycles. The van der Waals surface area contributed by atoms with Crippen molar-refractivity contribution in [1.29, 1.82) is 0 Å². The summed E-state index contributed by atoms with van der Waals surface area (Å²) < 4.78 is 19.3. The first-order valence-electron chi connectivity index (χ1n) is 8.13. The van der Waals surface area contributed by atoms with E-state index >= 15 is 0 Å². The van der Waals surface area contributed by atoms with Gasteiger partial charge in [-0.1, -0.05) is 42.5 Å². The number of carbonyl (C=O) groups excluding carboxylic acids is 1. The smallest absolute Gasteiger partial charge is 0.227 e. The van der Waals surface area contributed by atoms with Gasteiger partial charge in [-0.2, -0.15) is 0 Å². The van der Waals surface area contributed by atoms with E-state index in [0.717, 1.165) is 13.1 Å². The van der Waals surface area contributed by atoms with E-state index in [1.807, 2.05) is 18.2 Å². The largest absolute Gasteiger partial charge is 0.375 e. The van der Waals surface area contributed by atoms with Gasteiger partial charge < -0.3 is 10.1 Å². The molecule has 0 bridgehead atoms. The van der Waals surface area contributed by atoms with E-state index in [4.69, 9.17) is 4.74 Å². The minimum absolute atomic E-state index is 0.172. The molecule has 4 nitrogen and oxygen atoms in total. The number of carbonyl (C=O) groups is 1. The Kier molecular flexibility index (Phi) is 5.56. The SMILES string of the molecule is O=C(C[C@H]1CN(Cc2ccccc2)CCO1)Nc1ccccc1F. The highest BCUT2D eigenvalue weighted by atomic mass is 19.1. The van der Waals surface area contributed by atoms with Gasteiger partial charge in [0.05, 0.1) is 24.8 Å². The molecule has 1 amide bonds. The van der Waals surface area contributed by atoms with Crippen molar-refractivity contribution in [3.05, 3.63) is 66.0 Å². The van der Waals surface area contributed by atoms with Crippen LogP contribution in [-0.4, -0.2) is 36.6 Å². The molecule has 1 aliphatic heterocycles. The van der Waals surface area contributed by atoms with Crippen LogP contribution in [0.3, 0.4) is 0 Å². The molecule has 1 aliphatic rings. The van der Waals surface area contributed by atoms with E-state index in [-0.39, 0.29) is 24.1 Å². The van der Waals surface area contributed by atoms with Crippen molar-refractivity contribution >= 4 is 11.6 Å². The van der Waals surface area contributed by atoms with Crippen molar-refractivity contribution in [1.82, 2.24) is 4.90 Å². The number of benzene rings is 2. The minimum atomic E-state index is -0.430.